The first-order chi connectivity index (χ1) is 9.65. The van der Waals surface area contributed by atoms with E-state index < -0.39 is 0 Å². The molecule has 0 radical (unpaired) electrons. The van der Waals surface area contributed by atoms with Crippen molar-refractivity contribution in [2.24, 2.45) is 16.8 Å². The highest BCUT2D eigenvalue weighted by Gasteiger charge is 2.22. The van der Waals surface area contributed by atoms with Gasteiger partial charge in [0.25, 0.3) is 0 Å². The molecule has 1 aliphatic carbocycles. The fraction of sp³-hybridized carbons (Fsp3) is 0.429. The highest BCUT2D eigenvalue weighted by Crippen LogP contribution is 2.32. The summed E-state index contributed by atoms with van der Waals surface area (Å²) in [5.41, 5.74) is 6.50. The molecule has 108 valence electrons. The van der Waals surface area contributed by atoms with Crippen molar-refractivity contribution < 1.29 is 14.7 Å². The average molecular weight is 277 g/mol. The molecule has 1 aromatic rings. The van der Waals surface area contributed by atoms with E-state index in [0.717, 1.165) is 12.8 Å². The van der Waals surface area contributed by atoms with Gasteiger partial charge in [-0.3, -0.25) is 4.79 Å². The van der Waals surface area contributed by atoms with Gasteiger partial charge in [0, 0.05) is 12.0 Å². The van der Waals surface area contributed by atoms with Gasteiger partial charge in [-0.1, -0.05) is 17.6 Å². The number of amidine groups is 1. The highest BCUT2D eigenvalue weighted by atomic mass is 16.5. The van der Waals surface area contributed by atoms with E-state index in [1.165, 1.54) is 13.5 Å². The van der Waals surface area contributed by atoms with Gasteiger partial charge in [0.05, 0.1) is 12.8 Å². The van der Waals surface area contributed by atoms with E-state index >= 15 is 0 Å². The van der Waals surface area contributed by atoms with Gasteiger partial charge < -0.3 is 21.0 Å². The first-order valence-electron chi connectivity index (χ1n) is 6.60. The number of methoxy groups -OCH3 is 1. The van der Waals surface area contributed by atoms with Gasteiger partial charge in [-0.05, 0) is 30.9 Å². The first-order valence-corrected chi connectivity index (χ1v) is 6.60. The van der Waals surface area contributed by atoms with E-state index in [0.29, 0.717) is 29.3 Å². The van der Waals surface area contributed by atoms with Crippen LogP contribution in [0.5, 0.6) is 5.75 Å². The Balaban J connectivity index is 2.21. The van der Waals surface area contributed by atoms with Crippen LogP contribution >= 0.6 is 0 Å². The predicted molar refractivity (Wildman–Crippen MR) is 76.1 cm³/mol. The van der Waals surface area contributed by atoms with Crippen molar-refractivity contribution in [3.8, 4) is 5.75 Å². The van der Waals surface area contributed by atoms with E-state index in [1.807, 2.05) is 0 Å². The second-order valence-corrected chi connectivity index (χ2v) is 4.92. The lowest BCUT2D eigenvalue weighted by atomic mass is 9.83. The van der Waals surface area contributed by atoms with E-state index in [9.17, 15) is 4.79 Å². The van der Waals surface area contributed by atoms with E-state index in [1.54, 1.807) is 18.2 Å². The Morgan fingerprint density at radius 3 is 2.85 bits per heavy atom. The van der Waals surface area contributed by atoms with Crippen LogP contribution in [0.4, 0.5) is 5.69 Å². The van der Waals surface area contributed by atoms with Crippen LogP contribution < -0.4 is 15.8 Å². The topological polar surface area (TPSA) is 96.9 Å². The van der Waals surface area contributed by atoms with Crippen molar-refractivity contribution in [2.45, 2.75) is 25.7 Å². The maximum atomic E-state index is 12.0. The van der Waals surface area contributed by atoms with Crippen molar-refractivity contribution in [2.75, 3.05) is 12.4 Å². The molecule has 6 nitrogen and oxygen atoms in total. The molecular formula is C14H19N3O3. The molecule has 2 rings (SSSR count). The Morgan fingerprint density at radius 1 is 1.55 bits per heavy atom. The summed E-state index contributed by atoms with van der Waals surface area (Å²) in [6, 6.07) is 5.09. The summed E-state index contributed by atoms with van der Waals surface area (Å²) in [6.07, 6.45) is 3.90. The van der Waals surface area contributed by atoms with Crippen LogP contribution in [0.2, 0.25) is 0 Å². The Labute approximate surface area is 117 Å². The number of nitrogens with zero attached hydrogens (tertiary/aromatic N) is 1. The maximum absolute atomic E-state index is 12.0. The van der Waals surface area contributed by atoms with E-state index in [2.05, 4.69) is 10.5 Å². The largest absolute Gasteiger partial charge is 0.495 e. The summed E-state index contributed by atoms with van der Waals surface area (Å²) in [4.78, 5) is 12.0. The number of anilines is 1. The Bertz CT molecular complexity index is 524. The van der Waals surface area contributed by atoms with Gasteiger partial charge in [-0.15, -0.1) is 0 Å². The third-order valence-electron chi connectivity index (χ3n) is 3.59. The van der Waals surface area contributed by atoms with Gasteiger partial charge in [0.1, 0.15) is 5.75 Å². The molecule has 20 heavy (non-hydrogen) atoms. The lowest BCUT2D eigenvalue weighted by molar-refractivity contribution is -0.117. The number of amides is 1. The minimum Gasteiger partial charge on any atom is -0.495 e. The summed E-state index contributed by atoms with van der Waals surface area (Å²) in [5, 5.41) is 14.6. The molecule has 0 saturated heterocycles. The molecule has 1 aromatic carbocycles. The van der Waals surface area contributed by atoms with Gasteiger partial charge in [-0.25, -0.2) is 0 Å². The minimum absolute atomic E-state index is 0.0668. The van der Waals surface area contributed by atoms with Crippen LogP contribution in [0, 0.1) is 5.92 Å². The quantitative estimate of drug-likeness (QED) is 0.331. The summed E-state index contributed by atoms with van der Waals surface area (Å²) in [6.45, 7) is 0. The lowest BCUT2D eigenvalue weighted by Crippen LogP contribution is -2.23. The third-order valence-corrected chi connectivity index (χ3v) is 3.59. The second kappa shape index (κ2) is 6.27. The molecule has 0 unspecified atom stereocenters. The predicted octanol–water partition coefficient (Wildman–Crippen LogP) is 1.92. The second-order valence-electron chi connectivity index (χ2n) is 4.92. The van der Waals surface area contributed by atoms with Crippen molar-refractivity contribution in [1.29, 1.82) is 0 Å². The molecule has 4 N–H and O–H groups in total. The molecule has 0 aromatic heterocycles. The fourth-order valence-electron chi connectivity index (χ4n) is 2.25. The molecule has 0 aliphatic heterocycles. The number of hydrogen-bond acceptors (Lipinski definition) is 4. The average Bonchev–Trinajstić information content (AvgIpc) is 2.42. The molecule has 0 atom stereocenters. The van der Waals surface area contributed by atoms with Crippen LogP contribution in [-0.4, -0.2) is 24.1 Å². The maximum Gasteiger partial charge on any atom is 0.224 e. The zero-order valence-corrected chi connectivity index (χ0v) is 11.4. The van der Waals surface area contributed by atoms with Crippen molar-refractivity contribution in [3.63, 3.8) is 0 Å². The van der Waals surface area contributed by atoms with Gasteiger partial charge in [0.15, 0.2) is 5.84 Å². The number of carbonyl (C=O) groups is 1. The standard InChI is InChI=1S/C14H19N3O3/c1-20-11-7-3-6-10(14(15)17-19)13(11)16-12(18)8-9-4-2-5-9/h3,6-7,9,19H,2,4-5,8H2,1H3,(H2,15,17)(H,16,18). The lowest BCUT2D eigenvalue weighted by Gasteiger charge is -2.24. The number of ether oxygens (including phenoxy) is 1. The van der Waals surface area contributed by atoms with Gasteiger partial charge in [0.2, 0.25) is 5.91 Å². The summed E-state index contributed by atoms with van der Waals surface area (Å²) in [7, 11) is 1.51. The van der Waals surface area contributed by atoms with Crippen molar-refractivity contribution >= 4 is 17.4 Å². The number of carbonyl (C=O) groups excluding carboxylic acids is 1. The minimum atomic E-state index is -0.0776. The number of nitrogens with two attached hydrogens (primary N) is 1. The van der Waals surface area contributed by atoms with Crippen LogP contribution in [-0.2, 0) is 4.79 Å². The molecule has 0 spiro atoms. The van der Waals surface area contributed by atoms with Crippen LogP contribution in [0.15, 0.2) is 23.4 Å². The zero-order valence-electron chi connectivity index (χ0n) is 11.4. The number of para-hydroxylation sites is 1. The molecule has 1 fully saturated rings. The van der Waals surface area contributed by atoms with E-state index in [4.69, 9.17) is 15.7 Å². The summed E-state index contributed by atoms with van der Waals surface area (Å²) in [5.74, 6) is 0.808. The Kier molecular flexibility index (Phi) is 4.45. The molecular weight excluding hydrogens is 258 g/mol. The van der Waals surface area contributed by atoms with Crippen LogP contribution in [0.1, 0.15) is 31.2 Å². The summed E-state index contributed by atoms with van der Waals surface area (Å²) >= 11 is 0. The van der Waals surface area contributed by atoms with Crippen LogP contribution in [0.3, 0.4) is 0 Å². The molecule has 0 heterocycles. The van der Waals surface area contributed by atoms with Gasteiger partial charge >= 0.3 is 0 Å². The SMILES string of the molecule is COc1cccc(/C(N)=N/O)c1NC(=O)CC1CCC1. The Hall–Kier alpha value is -2.24. The smallest absolute Gasteiger partial charge is 0.224 e. The normalized spacial score (nSPS) is 15.6. The number of rotatable bonds is 5. The third kappa shape index (κ3) is 3.01. The van der Waals surface area contributed by atoms with E-state index in [-0.39, 0.29) is 11.7 Å². The first kappa shape index (κ1) is 14.2. The Morgan fingerprint density at radius 2 is 2.30 bits per heavy atom. The highest BCUT2D eigenvalue weighted by molar-refractivity contribution is 6.07. The molecule has 1 saturated carbocycles. The molecule has 0 bridgehead atoms. The zero-order chi connectivity index (χ0) is 14.5. The number of benzene rings is 1. The molecule has 6 heteroatoms. The molecule has 1 amide bonds. The number of hydrogen-bond donors (Lipinski definition) is 3. The molecule has 1 aliphatic rings. The number of oxime groups is 1. The van der Waals surface area contributed by atoms with Gasteiger partial charge in [-0.2, -0.15) is 0 Å². The van der Waals surface area contributed by atoms with Crippen molar-refractivity contribution in [3.05, 3.63) is 23.8 Å². The number of nitrogens with one attached hydrogen (secondary N) is 1. The monoisotopic (exact) mass is 277 g/mol. The van der Waals surface area contributed by atoms with Crippen LogP contribution in [0.25, 0.3) is 0 Å². The fourth-order valence-corrected chi connectivity index (χ4v) is 2.25. The summed E-state index contributed by atoms with van der Waals surface area (Å²) < 4.78 is 5.22. The van der Waals surface area contributed by atoms with Crippen molar-refractivity contribution in [1.82, 2.24) is 0 Å².